The van der Waals surface area contributed by atoms with Crippen LogP contribution < -0.4 is 19.6 Å². The molecule has 0 heterocycles. The van der Waals surface area contributed by atoms with E-state index in [1.807, 2.05) is 74.5 Å². The fraction of sp³-hybridized carbons (Fsp3) is 0.0448. The first kappa shape index (κ1) is 88.3. The summed E-state index contributed by atoms with van der Waals surface area (Å²) in [5.74, 6) is -1.27. The SMILES string of the molecule is Cc1ccc(-c2cc(-c3ccccc3)cc(N(c3ccc(C)cc3F)c3ccc4ccc5c(N(c6cc(-c7ccccc7)cc(-c7ccc(C)cc7)c6)c6ccc(C)cc6F)ccc6ccc3c4c65)c2)cc1.Cc1ccc(-c2cc(-c3ccccc3)cc(N(c3cccc(F)c3)c3ccc4ccc5c(N(c6cccc(F)c6)c6cc(-c7ccccc7)cc(-c7ccc(C)cc7)c6)ccc6ccc3c4c65)c2)cc1. The zero-order chi connectivity index (χ0) is 96.3. The van der Waals surface area contributed by atoms with Crippen molar-refractivity contribution in [3.8, 4) is 89.0 Å². The molecule has 0 atom stereocenters. The van der Waals surface area contributed by atoms with E-state index in [1.165, 1.54) is 34.4 Å². The minimum absolute atomic E-state index is 0.316. The molecular formula is C134H96F4N4. The van der Waals surface area contributed by atoms with E-state index >= 15 is 17.6 Å². The highest BCUT2D eigenvalue weighted by molar-refractivity contribution is 6.30. The van der Waals surface area contributed by atoms with Crippen LogP contribution in [0.4, 0.5) is 85.8 Å². The van der Waals surface area contributed by atoms with Crippen molar-refractivity contribution in [3.63, 3.8) is 0 Å². The van der Waals surface area contributed by atoms with Gasteiger partial charge >= 0.3 is 0 Å². The molecule has 24 aromatic rings. The topological polar surface area (TPSA) is 13.0 Å². The minimum atomic E-state index is -0.317. The number of halogens is 4. The molecule has 8 heteroatoms. The van der Waals surface area contributed by atoms with Crippen molar-refractivity contribution < 1.29 is 17.6 Å². The van der Waals surface area contributed by atoms with Crippen LogP contribution in [0.3, 0.4) is 0 Å². The van der Waals surface area contributed by atoms with Crippen molar-refractivity contribution in [1.29, 1.82) is 0 Å². The molecule has 0 radical (unpaired) electrons. The molecule has 0 fully saturated rings. The first-order chi connectivity index (χ1) is 69.4. The Morgan fingerprint density at radius 3 is 0.592 bits per heavy atom. The largest absolute Gasteiger partial charge is 0.310 e. The highest BCUT2D eigenvalue weighted by Crippen LogP contribution is 2.54. The molecule has 680 valence electrons. The summed E-state index contributed by atoms with van der Waals surface area (Å²) in [7, 11) is 0. The lowest BCUT2D eigenvalue weighted by Crippen LogP contribution is -2.13. The highest BCUT2D eigenvalue weighted by Gasteiger charge is 2.30. The fourth-order valence-corrected chi connectivity index (χ4v) is 20.6. The molecule has 24 aromatic carbocycles. The third-order valence-electron chi connectivity index (χ3n) is 27.7. The van der Waals surface area contributed by atoms with Crippen LogP contribution in [0.1, 0.15) is 33.4 Å². The molecule has 142 heavy (non-hydrogen) atoms. The van der Waals surface area contributed by atoms with Gasteiger partial charge in [0.15, 0.2) is 0 Å². The van der Waals surface area contributed by atoms with Crippen LogP contribution in [0.15, 0.2) is 473 Å². The van der Waals surface area contributed by atoms with Gasteiger partial charge in [0.1, 0.15) is 23.3 Å². The highest BCUT2D eigenvalue weighted by atomic mass is 19.1. The number of rotatable bonds is 20. The van der Waals surface area contributed by atoms with Gasteiger partial charge in [-0.2, -0.15) is 0 Å². The van der Waals surface area contributed by atoms with Gasteiger partial charge in [0, 0.05) is 55.7 Å². The summed E-state index contributed by atoms with van der Waals surface area (Å²) < 4.78 is 64.9. The molecule has 0 amide bonds. The number of benzene rings is 24. The van der Waals surface area contributed by atoms with Crippen LogP contribution >= 0.6 is 0 Å². The molecule has 0 aliphatic rings. The van der Waals surface area contributed by atoms with Gasteiger partial charge in [-0.1, -0.05) is 338 Å². The van der Waals surface area contributed by atoms with Gasteiger partial charge < -0.3 is 19.6 Å². The van der Waals surface area contributed by atoms with Gasteiger partial charge in [-0.25, -0.2) is 17.6 Å². The molecule has 24 rings (SSSR count). The Hall–Kier alpha value is -17.7. The second-order valence-corrected chi connectivity index (χ2v) is 37.4. The summed E-state index contributed by atoms with van der Waals surface area (Å²) in [6.45, 7) is 12.2. The van der Waals surface area contributed by atoms with Crippen molar-refractivity contribution >= 4 is 133 Å². The van der Waals surface area contributed by atoms with E-state index in [2.05, 4.69) is 411 Å². The Labute approximate surface area is 824 Å². The van der Waals surface area contributed by atoms with Crippen LogP contribution in [-0.2, 0) is 0 Å². The van der Waals surface area contributed by atoms with Gasteiger partial charge in [0.2, 0.25) is 0 Å². The summed E-state index contributed by atoms with van der Waals surface area (Å²) in [4.78, 5) is 8.56. The van der Waals surface area contributed by atoms with Gasteiger partial charge in [-0.15, -0.1) is 0 Å². The van der Waals surface area contributed by atoms with Crippen molar-refractivity contribution in [2.24, 2.45) is 0 Å². The lowest BCUT2D eigenvalue weighted by atomic mass is 9.91. The molecule has 4 nitrogen and oxygen atoms in total. The number of anilines is 12. The van der Waals surface area contributed by atoms with Crippen molar-refractivity contribution in [2.75, 3.05) is 19.6 Å². The Morgan fingerprint density at radius 2 is 0.352 bits per heavy atom. The Bertz CT molecular complexity index is 8360. The second-order valence-electron chi connectivity index (χ2n) is 37.4. The summed E-state index contributed by atoms with van der Waals surface area (Å²) in [5.41, 5.74) is 32.6. The third kappa shape index (κ3) is 17.1. The minimum Gasteiger partial charge on any atom is -0.310 e. The van der Waals surface area contributed by atoms with Crippen molar-refractivity contribution in [1.82, 2.24) is 0 Å². The average Bonchev–Trinajstić information content (AvgIpc) is 0.721. The molecule has 0 saturated heterocycles. The third-order valence-corrected chi connectivity index (χ3v) is 27.7. The monoisotopic (exact) mass is 1840 g/mol. The molecule has 0 aliphatic carbocycles. The van der Waals surface area contributed by atoms with Gasteiger partial charge in [0.25, 0.3) is 0 Å². The molecule has 0 saturated carbocycles. The zero-order valence-electron chi connectivity index (χ0n) is 79.3. The second kappa shape index (κ2) is 37.3. The summed E-state index contributed by atoms with van der Waals surface area (Å²) in [6.07, 6.45) is 0. The first-order valence-electron chi connectivity index (χ1n) is 48.2. The van der Waals surface area contributed by atoms with Gasteiger partial charge in [-0.05, 0) is 342 Å². The summed E-state index contributed by atoms with van der Waals surface area (Å²) in [5, 5.41) is 12.5. The van der Waals surface area contributed by atoms with Crippen LogP contribution in [0, 0.1) is 64.8 Å². The Kier molecular flexibility index (Phi) is 23.2. The van der Waals surface area contributed by atoms with E-state index in [4.69, 9.17) is 0 Å². The van der Waals surface area contributed by atoms with Gasteiger partial charge in [0.05, 0.1) is 34.1 Å². The van der Waals surface area contributed by atoms with E-state index in [0.29, 0.717) is 22.7 Å². The lowest BCUT2D eigenvalue weighted by Gasteiger charge is -2.30. The van der Waals surface area contributed by atoms with E-state index in [-0.39, 0.29) is 23.3 Å². The molecule has 0 N–H and O–H groups in total. The van der Waals surface area contributed by atoms with E-state index in [0.717, 1.165) is 210 Å². The lowest BCUT2D eigenvalue weighted by molar-refractivity contribution is 0.627. The maximum Gasteiger partial charge on any atom is 0.147 e. The predicted molar refractivity (Wildman–Crippen MR) is 591 cm³/mol. The molecular weight excluding hydrogens is 1740 g/mol. The van der Waals surface area contributed by atoms with Gasteiger partial charge in [-0.3, -0.25) is 0 Å². The quantitative estimate of drug-likeness (QED) is 0.0557. The normalized spacial score (nSPS) is 11.5. The molecule has 0 spiro atoms. The molecule has 0 aliphatic heterocycles. The maximum absolute atomic E-state index is 16.9. The zero-order valence-corrected chi connectivity index (χ0v) is 79.3. The van der Waals surface area contributed by atoms with Crippen LogP contribution in [0.2, 0.25) is 0 Å². The Morgan fingerprint density at radius 1 is 0.141 bits per heavy atom. The molecule has 0 aromatic heterocycles. The summed E-state index contributed by atoms with van der Waals surface area (Å²) >= 11 is 0. The first-order valence-corrected chi connectivity index (χ1v) is 48.2. The average molecular weight is 1840 g/mol. The van der Waals surface area contributed by atoms with Crippen LogP contribution in [-0.4, -0.2) is 0 Å². The number of aryl methyl sites for hydroxylation is 6. The van der Waals surface area contributed by atoms with E-state index in [1.54, 1.807) is 36.4 Å². The summed E-state index contributed by atoms with van der Waals surface area (Å²) in [6, 6.07) is 162. The number of nitrogens with zero attached hydrogens (tertiary/aromatic N) is 4. The number of hydrogen-bond donors (Lipinski definition) is 0. The van der Waals surface area contributed by atoms with Crippen LogP contribution in [0.25, 0.3) is 154 Å². The Balaban J connectivity index is 0.000000158. The van der Waals surface area contributed by atoms with Crippen molar-refractivity contribution in [2.45, 2.75) is 41.5 Å². The maximum atomic E-state index is 16.9. The smallest absolute Gasteiger partial charge is 0.147 e. The standard InChI is InChI=1S/C68H50F2N2.C66H46F2N2/c1-43-15-21-49(22-16-43)55-37-53(47-11-7-5-8-12-47)39-57(41-55)71(65-31-19-45(3)35-61(65)69)63-33-27-51-26-30-60-64(34-28-52-25-29-59(63)67(51)68(52)60)72(66-32-20-46(4)36-62(66)70)58-40-54(48-13-9-6-10-14-48)38-56(42-58)50-23-17-44(2)18-24-50;1-43-19-23-47(24-20-43)53-35-51(45-11-5-3-6-12-45)37-59(39-53)69(57-17-9-15-55(67)41-57)63-33-29-49-28-32-62-64(34-30-50-27-31-61(63)65(49)66(50)62)70(58-18-10-16-56(68)42-58)60-38-52(46-13-7-4-8-14-46)36-54(40-60)48-25-21-44(2)22-26-48/h5-42H,1-4H3;3-42H,1-2H3. The van der Waals surface area contributed by atoms with Crippen LogP contribution in [0.5, 0.6) is 0 Å². The fourth-order valence-electron chi connectivity index (χ4n) is 20.6. The number of hydrogen-bond acceptors (Lipinski definition) is 4. The van der Waals surface area contributed by atoms with Crippen molar-refractivity contribution in [3.05, 3.63) is 530 Å². The molecule has 0 bridgehead atoms. The van der Waals surface area contributed by atoms with E-state index in [9.17, 15) is 0 Å². The predicted octanol–water partition coefficient (Wildman–Crippen LogP) is 38.8. The molecule has 0 unspecified atom stereocenters. The van der Waals surface area contributed by atoms with E-state index < -0.39 is 0 Å².